The number of rotatable bonds is 7. The molecular formula is C22H26N2O5. The van der Waals surface area contributed by atoms with Gasteiger partial charge in [0.25, 0.3) is 11.8 Å². The number of methoxy groups -OCH3 is 1. The van der Waals surface area contributed by atoms with Gasteiger partial charge in [-0.2, -0.15) is 0 Å². The predicted octanol–water partition coefficient (Wildman–Crippen LogP) is 2.24. The highest BCUT2D eigenvalue weighted by Crippen LogP contribution is 2.25. The Balaban J connectivity index is 1.51. The van der Waals surface area contributed by atoms with Gasteiger partial charge in [-0.25, -0.2) is 0 Å². The molecule has 3 rings (SSSR count). The molecule has 1 N–H and O–H groups in total. The van der Waals surface area contributed by atoms with Crippen LogP contribution in [0.4, 0.5) is 5.69 Å². The molecular weight excluding hydrogens is 372 g/mol. The summed E-state index contributed by atoms with van der Waals surface area (Å²) in [5.41, 5.74) is 3.14. The molecule has 0 saturated carbocycles. The number of amides is 2. The normalized spacial score (nSPS) is 16.4. The van der Waals surface area contributed by atoms with Gasteiger partial charge in [-0.05, 0) is 49.2 Å². The van der Waals surface area contributed by atoms with Crippen molar-refractivity contribution in [2.24, 2.45) is 0 Å². The number of anilines is 1. The van der Waals surface area contributed by atoms with Gasteiger partial charge in [0.1, 0.15) is 6.61 Å². The third-order valence-electron chi connectivity index (χ3n) is 4.89. The lowest BCUT2D eigenvalue weighted by atomic mass is 10.1. The van der Waals surface area contributed by atoms with Crippen LogP contribution in [0.2, 0.25) is 0 Å². The molecule has 1 aliphatic rings. The smallest absolute Gasteiger partial charge is 0.258 e. The number of nitrogens with zero attached hydrogens (tertiary/aromatic N) is 1. The van der Waals surface area contributed by atoms with Crippen molar-refractivity contribution in [3.05, 3.63) is 53.6 Å². The lowest BCUT2D eigenvalue weighted by Gasteiger charge is -2.33. The average molecular weight is 398 g/mol. The Morgan fingerprint density at radius 2 is 1.93 bits per heavy atom. The van der Waals surface area contributed by atoms with Gasteiger partial charge >= 0.3 is 0 Å². The third-order valence-corrected chi connectivity index (χ3v) is 4.89. The zero-order chi connectivity index (χ0) is 20.8. The highest BCUT2D eigenvalue weighted by Gasteiger charge is 2.28. The molecule has 2 amide bonds. The van der Waals surface area contributed by atoms with Gasteiger partial charge in [-0.15, -0.1) is 0 Å². The van der Waals surface area contributed by atoms with E-state index in [0.29, 0.717) is 24.6 Å². The maximum absolute atomic E-state index is 12.3. The van der Waals surface area contributed by atoms with E-state index in [4.69, 9.17) is 14.2 Å². The molecule has 1 unspecified atom stereocenters. The first-order valence-electron chi connectivity index (χ1n) is 9.49. The maximum atomic E-state index is 12.3. The van der Waals surface area contributed by atoms with Crippen molar-refractivity contribution in [1.82, 2.24) is 5.32 Å². The van der Waals surface area contributed by atoms with Gasteiger partial charge in [0.05, 0.1) is 19.8 Å². The summed E-state index contributed by atoms with van der Waals surface area (Å²) in [5, 5.41) is 2.80. The van der Waals surface area contributed by atoms with E-state index < -0.39 is 0 Å². The highest BCUT2D eigenvalue weighted by molar-refractivity contribution is 5.95. The van der Waals surface area contributed by atoms with Crippen LogP contribution in [0.1, 0.15) is 11.1 Å². The van der Waals surface area contributed by atoms with Crippen molar-refractivity contribution in [2.45, 2.75) is 20.0 Å². The van der Waals surface area contributed by atoms with Crippen LogP contribution in [-0.2, 0) is 14.3 Å². The minimum absolute atomic E-state index is 0.00875. The van der Waals surface area contributed by atoms with Crippen molar-refractivity contribution in [3.8, 4) is 11.5 Å². The molecule has 1 atom stereocenters. The summed E-state index contributed by atoms with van der Waals surface area (Å²) in [5.74, 6) is 0.716. The Morgan fingerprint density at radius 3 is 2.66 bits per heavy atom. The number of hydrogen-bond acceptors (Lipinski definition) is 5. The Kier molecular flexibility index (Phi) is 6.72. The monoisotopic (exact) mass is 398 g/mol. The number of ether oxygens (including phenoxy) is 3. The number of aryl methyl sites for hydroxylation is 2. The second-order valence-corrected chi connectivity index (χ2v) is 6.95. The lowest BCUT2D eigenvalue weighted by Crippen LogP contribution is -2.51. The first kappa shape index (κ1) is 20.7. The molecule has 0 bridgehead atoms. The molecule has 0 radical (unpaired) electrons. The molecule has 2 aromatic rings. The zero-order valence-corrected chi connectivity index (χ0v) is 16.9. The fraction of sp³-hybridized carbons (Fsp3) is 0.364. The molecule has 1 heterocycles. The molecule has 1 saturated heterocycles. The quantitative estimate of drug-likeness (QED) is 0.774. The van der Waals surface area contributed by atoms with Crippen molar-refractivity contribution in [3.63, 3.8) is 0 Å². The standard InChI is InChI=1S/C22H26N2O5/c1-15-8-9-17(10-16(15)2)24-12-18(28-14-22(24)26)11-23-21(25)13-29-20-7-5-4-6-19(20)27-3/h4-10,18H,11-14H2,1-3H3,(H,23,25). The molecule has 29 heavy (non-hydrogen) atoms. The lowest BCUT2D eigenvalue weighted by molar-refractivity contribution is -0.130. The number of nitrogens with one attached hydrogen (secondary N) is 1. The molecule has 1 aliphatic heterocycles. The third kappa shape index (κ3) is 5.26. The summed E-state index contributed by atoms with van der Waals surface area (Å²) in [6.07, 6.45) is -0.287. The summed E-state index contributed by atoms with van der Waals surface area (Å²) in [7, 11) is 1.55. The largest absolute Gasteiger partial charge is 0.493 e. The number of benzene rings is 2. The van der Waals surface area contributed by atoms with E-state index in [2.05, 4.69) is 5.32 Å². The Bertz CT molecular complexity index is 883. The van der Waals surface area contributed by atoms with Crippen LogP contribution in [0.3, 0.4) is 0 Å². The topological polar surface area (TPSA) is 77.1 Å². The van der Waals surface area contributed by atoms with E-state index in [1.807, 2.05) is 44.2 Å². The molecule has 7 nitrogen and oxygen atoms in total. The second kappa shape index (κ2) is 9.43. The Hall–Kier alpha value is -3.06. The van der Waals surface area contributed by atoms with Crippen LogP contribution in [0.25, 0.3) is 0 Å². The van der Waals surface area contributed by atoms with E-state index in [1.165, 1.54) is 5.56 Å². The SMILES string of the molecule is COc1ccccc1OCC(=O)NCC1CN(c2ccc(C)c(C)c2)C(=O)CO1. The van der Waals surface area contributed by atoms with E-state index in [0.717, 1.165) is 11.3 Å². The van der Waals surface area contributed by atoms with Crippen molar-refractivity contribution >= 4 is 17.5 Å². The minimum Gasteiger partial charge on any atom is -0.493 e. The van der Waals surface area contributed by atoms with Gasteiger partial charge in [-0.1, -0.05) is 18.2 Å². The first-order valence-corrected chi connectivity index (χ1v) is 9.49. The van der Waals surface area contributed by atoms with Crippen LogP contribution in [0, 0.1) is 13.8 Å². The van der Waals surface area contributed by atoms with E-state index in [1.54, 1.807) is 24.1 Å². The van der Waals surface area contributed by atoms with Gasteiger partial charge in [0, 0.05) is 12.2 Å². The van der Waals surface area contributed by atoms with Crippen molar-refractivity contribution < 1.29 is 23.8 Å². The Morgan fingerprint density at radius 1 is 1.17 bits per heavy atom. The number of carbonyl (C=O) groups excluding carboxylic acids is 2. The van der Waals surface area contributed by atoms with Crippen LogP contribution in [0.5, 0.6) is 11.5 Å². The van der Waals surface area contributed by atoms with Crippen LogP contribution in [0.15, 0.2) is 42.5 Å². The van der Waals surface area contributed by atoms with E-state index in [9.17, 15) is 9.59 Å². The average Bonchev–Trinajstić information content (AvgIpc) is 2.73. The maximum Gasteiger partial charge on any atom is 0.258 e. The molecule has 0 spiro atoms. The van der Waals surface area contributed by atoms with Crippen LogP contribution >= 0.6 is 0 Å². The fourth-order valence-electron chi connectivity index (χ4n) is 3.05. The van der Waals surface area contributed by atoms with Gasteiger partial charge < -0.3 is 24.4 Å². The molecule has 0 aromatic heterocycles. The van der Waals surface area contributed by atoms with E-state index in [-0.39, 0.29) is 31.1 Å². The van der Waals surface area contributed by atoms with Crippen LogP contribution in [-0.4, -0.2) is 51.3 Å². The molecule has 154 valence electrons. The first-order chi connectivity index (χ1) is 14.0. The second-order valence-electron chi connectivity index (χ2n) is 6.95. The number of carbonyl (C=O) groups is 2. The zero-order valence-electron chi connectivity index (χ0n) is 16.9. The molecule has 2 aromatic carbocycles. The molecule has 0 aliphatic carbocycles. The number of morpholine rings is 1. The van der Waals surface area contributed by atoms with Gasteiger partial charge in [0.15, 0.2) is 18.1 Å². The van der Waals surface area contributed by atoms with Gasteiger partial charge in [-0.3, -0.25) is 9.59 Å². The fourth-order valence-corrected chi connectivity index (χ4v) is 3.05. The van der Waals surface area contributed by atoms with Crippen molar-refractivity contribution in [1.29, 1.82) is 0 Å². The summed E-state index contributed by atoms with van der Waals surface area (Å²) in [4.78, 5) is 26.1. The summed E-state index contributed by atoms with van der Waals surface area (Å²) in [6, 6.07) is 13.1. The summed E-state index contributed by atoms with van der Waals surface area (Å²) >= 11 is 0. The summed E-state index contributed by atoms with van der Waals surface area (Å²) in [6.45, 7) is 4.59. The number of para-hydroxylation sites is 2. The van der Waals surface area contributed by atoms with Crippen LogP contribution < -0.4 is 19.7 Å². The van der Waals surface area contributed by atoms with Gasteiger partial charge in [0.2, 0.25) is 0 Å². The summed E-state index contributed by atoms with van der Waals surface area (Å²) < 4.78 is 16.3. The highest BCUT2D eigenvalue weighted by atomic mass is 16.5. The number of hydrogen-bond donors (Lipinski definition) is 1. The van der Waals surface area contributed by atoms with E-state index >= 15 is 0 Å². The van der Waals surface area contributed by atoms with Crippen molar-refractivity contribution in [2.75, 3.05) is 38.3 Å². The molecule has 7 heteroatoms. The molecule has 1 fully saturated rings. The minimum atomic E-state index is -0.287. The Labute approximate surface area is 170 Å². The predicted molar refractivity (Wildman–Crippen MR) is 110 cm³/mol.